The molecule has 1 atom stereocenters. The lowest BCUT2D eigenvalue weighted by atomic mass is 10.1. The monoisotopic (exact) mass is 421 g/mol. The normalized spacial score (nSPS) is 15.1. The summed E-state index contributed by atoms with van der Waals surface area (Å²) in [7, 11) is 3.22. The van der Waals surface area contributed by atoms with Crippen LogP contribution in [0.2, 0.25) is 0 Å². The molecule has 0 saturated heterocycles. The summed E-state index contributed by atoms with van der Waals surface area (Å²) < 4.78 is 21.3. The molecule has 160 valence electrons. The third-order valence-electron chi connectivity index (χ3n) is 4.97. The van der Waals surface area contributed by atoms with E-state index in [2.05, 4.69) is 0 Å². The van der Waals surface area contributed by atoms with Gasteiger partial charge in [0, 0.05) is 11.8 Å². The summed E-state index contributed by atoms with van der Waals surface area (Å²) in [5, 5.41) is 0.531. The SMILES string of the molecule is CCOC(=O)c1cc2c(o1)=NC(c1ccc(OC)cc1)N(c1ccc(OC)cc1)C=2N. The van der Waals surface area contributed by atoms with Crippen molar-refractivity contribution >= 4 is 17.5 Å². The summed E-state index contributed by atoms with van der Waals surface area (Å²) in [6.07, 6.45) is -0.506. The number of nitrogens with zero attached hydrogens (tertiary/aromatic N) is 2. The molecule has 3 aromatic rings. The van der Waals surface area contributed by atoms with Gasteiger partial charge in [-0.2, -0.15) is 0 Å². The van der Waals surface area contributed by atoms with Crippen molar-refractivity contribution in [1.82, 2.24) is 0 Å². The predicted octanol–water partition coefficient (Wildman–Crippen LogP) is 2.34. The van der Waals surface area contributed by atoms with Crippen LogP contribution in [0.4, 0.5) is 5.69 Å². The van der Waals surface area contributed by atoms with Gasteiger partial charge in [-0.1, -0.05) is 12.1 Å². The Bertz CT molecular complexity index is 1200. The first-order valence-electron chi connectivity index (χ1n) is 9.77. The van der Waals surface area contributed by atoms with Crippen molar-refractivity contribution in [2.75, 3.05) is 25.7 Å². The van der Waals surface area contributed by atoms with Crippen molar-refractivity contribution in [1.29, 1.82) is 0 Å². The largest absolute Gasteiger partial charge is 0.497 e. The lowest BCUT2D eigenvalue weighted by Gasteiger charge is -2.32. The summed E-state index contributed by atoms with van der Waals surface area (Å²) in [4.78, 5) is 18.8. The van der Waals surface area contributed by atoms with E-state index in [4.69, 9.17) is 29.4 Å². The number of hydrogen-bond acceptors (Lipinski definition) is 8. The van der Waals surface area contributed by atoms with Crippen LogP contribution >= 0.6 is 0 Å². The number of ether oxygens (including phenoxy) is 3. The van der Waals surface area contributed by atoms with Crippen molar-refractivity contribution in [3.63, 3.8) is 0 Å². The first-order chi connectivity index (χ1) is 15.0. The molecule has 0 amide bonds. The quantitative estimate of drug-likeness (QED) is 0.610. The van der Waals surface area contributed by atoms with E-state index < -0.39 is 12.1 Å². The Morgan fingerprint density at radius 3 is 2.26 bits per heavy atom. The molecular weight excluding hydrogens is 398 g/mol. The van der Waals surface area contributed by atoms with E-state index in [0.29, 0.717) is 11.0 Å². The van der Waals surface area contributed by atoms with Crippen molar-refractivity contribution in [3.8, 4) is 11.5 Å². The Kier molecular flexibility index (Phi) is 5.53. The van der Waals surface area contributed by atoms with E-state index in [1.807, 2.05) is 53.4 Å². The van der Waals surface area contributed by atoms with E-state index >= 15 is 0 Å². The highest BCUT2D eigenvalue weighted by molar-refractivity contribution is 5.86. The highest BCUT2D eigenvalue weighted by Crippen LogP contribution is 2.33. The molecule has 31 heavy (non-hydrogen) atoms. The Balaban J connectivity index is 1.87. The fraction of sp³-hybridized carbons (Fsp3) is 0.217. The van der Waals surface area contributed by atoms with Crippen LogP contribution in [0.25, 0.3) is 5.82 Å². The molecule has 8 heteroatoms. The van der Waals surface area contributed by atoms with E-state index in [0.717, 1.165) is 22.7 Å². The molecule has 0 spiro atoms. The number of methoxy groups -OCH3 is 2. The van der Waals surface area contributed by atoms with E-state index in [-0.39, 0.29) is 17.9 Å². The molecule has 1 aliphatic rings. The zero-order chi connectivity index (χ0) is 22.0. The molecule has 2 N–H and O–H groups in total. The van der Waals surface area contributed by atoms with Crippen LogP contribution in [-0.4, -0.2) is 26.8 Å². The van der Waals surface area contributed by atoms with Gasteiger partial charge < -0.3 is 29.3 Å². The fourth-order valence-electron chi connectivity index (χ4n) is 3.42. The van der Waals surface area contributed by atoms with Crippen LogP contribution in [0.15, 0.2) is 64.0 Å². The molecule has 2 aromatic carbocycles. The zero-order valence-electron chi connectivity index (χ0n) is 17.5. The molecule has 1 aliphatic heterocycles. The minimum absolute atomic E-state index is 0.0589. The Morgan fingerprint density at radius 2 is 1.68 bits per heavy atom. The third-order valence-corrected chi connectivity index (χ3v) is 4.97. The van der Waals surface area contributed by atoms with E-state index in [1.54, 1.807) is 27.2 Å². The fourth-order valence-corrected chi connectivity index (χ4v) is 3.42. The van der Waals surface area contributed by atoms with Crippen LogP contribution < -0.4 is 30.9 Å². The number of carbonyl (C=O) groups excluding carboxylic acids is 1. The summed E-state index contributed by atoms with van der Waals surface area (Å²) in [5.41, 5.74) is 8.55. The van der Waals surface area contributed by atoms with Gasteiger partial charge in [-0.3, -0.25) is 0 Å². The Hall–Kier alpha value is -3.94. The second-order valence-electron chi connectivity index (χ2n) is 6.78. The smallest absolute Gasteiger partial charge is 0.374 e. The van der Waals surface area contributed by atoms with Crippen LogP contribution in [-0.2, 0) is 4.74 Å². The van der Waals surface area contributed by atoms with Gasteiger partial charge in [0.05, 0.1) is 26.0 Å². The van der Waals surface area contributed by atoms with Gasteiger partial charge in [0.2, 0.25) is 11.3 Å². The lowest BCUT2D eigenvalue weighted by Crippen LogP contribution is -2.43. The lowest BCUT2D eigenvalue weighted by molar-refractivity contribution is 0.0487. The summed E-state index contributed by atoms with van der Waals surface area (Å²) in [6, 6.07) is 16.6. The number of benzene rings is 2. The summed E-state index contributed by atoms with van der Waals surface area (Å²) in [5.74, 6) is 1.37. The molecule has 1 unspecified atom stereocenters. The number of fused-ring (bicyclic) bond motifs is 1. The molecule has 2 heterocycles. The summed E-state index contributed by atoms with van der Waals surface area (Å²) >= 11 is 0. The Labute approximate surface area is 179 Å². The molecule has 0 radical (unpaired) electrons. The minimum atomic E-state index is -0.558. The highest BCUT2D eigenvalue weighted by Gasteiger charge is 2.28. The molecular formula is C23H23N3O5. The van der Waals surface area contributed by atoms with E-state index in [1.165, 1.54) is 0 Å². The molecule has 0 aliphatic carbocycles. The van der Waals surface area contributed by atoms with Crippen LogP contribution in [0, 0.1) is 0 Å². The van der Waals surface area contributed by atoms with Gasteiger partial charge in [0.15, 0.2) is 6.17 Å². The number of hydrogen-bond donors (Lipinski definition) is 1. The Morgan fingerprint density at radius 1 is 1.06 bits per heavy atom. The van der Waals surface area contributed by atoms with Gasteiger partial charge in [-0.15, -0.1) is 0 Å². The maximum atomic E-state index is 12.2. The zero-order valence-corrected chi connectivity index (χ0v) is 17.5. The molecule has 8 nitrogen and oxygen atoms in total. The van der Waals surface area contributed by atoms with Crippen LogP contribution in [0.3, 0.4) is 0 Å². The summed E-state index contributed by atoms with van der Waals surface area (Å²) in [6.45, 7) is 1.98. The maximum absolute atomic E-state index is 12.2. The standard InChI is InChI=1S/C23H23N3O5/c1-4-30-23(27)19-13-18-20(24)26(15-7-11-17(29-3)12-8-15)21(25-22(18)31-19)14-5-9-16(28-2)10-6-14/h5-13,21H,4,24H2,1-3H3. The van der Waals surface area contributed by atoms with Gasteiger partial charge in [0.1, 0.15) is 17.3 Å². The highest BCUT2D eigenvalue weighted by atomic mass is 16.5. The third kappa shape index (κ3) is 3.79. The number of furan rings is 1. The molecule has 0 saturated carbocycles. The predicted molar refractivity (Wildman–Crippen MR) is 114 cm³/mol. The van der Waals surface area contributed by atoms with Crippen molar-refractivity contribution in [3.05, 3.63) is 76.7 Å². The average molecular weight is 421 g/mol. The molecule has 0 bridgehead atoms. The second-order valence-corrected chi connectivity index (χ2v) is 6.78. The maximum Gasteiger partial charge on any atom is 0.374 e. The molecule has 1 aromatic heterocycles. The first-order valence-corrected chi connectivity index (χ1v) is 9.77. The number of rotatable bonds is 6. The van der Waals surface area contributed by atoms with Crippen LogP contribution in [0.1, 0.15) is 29.2 Å². The van der Waals surface area contributed by atoms with E-state index in [9.17, 15) is 4.79 Å². The minimum Gasteiger partial charge on any atom is -0.497 e. The number of carbonyl (C=O) groups is 1. The first kappa shape index (κ1) is 20.3. The van der Waals surface area contributed by atoms with Crippen LogP contribution in [0.5, 0.6) is 11.5 Å². The van der Waals surface area contributed by atoms with Gasteiger partial charge in [-0.05, 0) is 48.9 Å². The average Bonchev–Trinajstić information content (AvgIpc) is 3.24. The number of esters is 1. The number of nitrogens with two attached hydrogens (primary N) is 1. The topological polar surface area (TPSA) is 99.5 Å². The van der Waals surface area contributed by atoms with Gasteiger partial charge in [0.25, 0.3) is 0 Å². The van der Waals surface area contributed by atoms with Crippen molar-refractivity contribution in [2.24, 2.45) is 10.7 Å². The number of anilines is 1. The van der Waals surface area contributed by atoms with Gasteiger partial charge >= 0.3 is 5.97 Å². The molecule has 4 rings (SSSR count). The second kappa shape index (κ2) is 8.43. The van der Waals surface area contributed by atoms with Crippen molar-refractivity contribution < 1.29 is 23.4 Å². The van der Waals surface area contributed by atoms with Gasteiger partial charge in [-0.25, -0.2) is 9.79 Å². The van der Waals surface area contributed by atoms with Crippen molar-refractivity contribution in [2.45, 2.75) is 13.1 Å². The molecule has 0 fully saturated rings.